The van der Waals surface area contributed by atoms with Gasteiger partial charge in [0.1, 0.15) is 5.69 Å². The smallest absolute Gasteiger partial charge is 0.217 e. The van der Waals surface area contributed by atoms with Crippen molar-refractivity contribution in [3.63, 3.8) is 0 Å². The van der Waals surface area contributed by atoms with Crippen LogP contribution in [0.2, 0.25) is 0 Å². The van der Waals surface area contributed by atoms with Gasteiger partial charge in [0.05, 0.1) is 17.6 Å². The zero-order valence-corrected chi connectivity index (χ0v) is 16.2. The van der Waals surface area contributed by atoms with Crippen molar-refractivity contribution < 1.29 is 4.79 Å². The highest BCUT2D eigenvalue weighted by Crippen LogP contribution is 2.25. The molecule has 1 atom stereocenters. The van der Waals surface area contributed by atoms with Gasteiger partial charge >= 0.3 is 0 Å². The molecule has 6 nitrogen and oxygen atoms in total. The van der Waals surface area contributed by atoms with Gasteiger partial charge in [-0.25, -0.2) is 14.6 Å². The molecule has 3 rings (SSSR count). The summed E-state index contributed by atoms with van der Waals surface area (Å²) in [6, 6.07) is 9.90. The first kappa shape index (κ1) is 18.3. The molecule has 0 saturated carbocycles. The monoisotopic (exact) mass is 369 g/mol. The summed E-state index contributed by atoms with van der Waals surface area (Å²) in [6.07, 6.45) is 0. The molecule has 0 bridgehead atoms. The normalized spacial score (nSPS) is 12.3. The van der Waals surface area contributed by atoms with Crippen LogP contribution in [0, 0.1) is 12.8 Å². The van der Waals surface area contributed by atoms with E-state index in [0.29, 0.717) is 12.4 Å². The number of rotatable bonds is 6. The zero-order chi connectivity index (χ0) is 18.7. The molecule has 1 N–H and O–H groups in total. The van der Waals surface area contributed by atoms with E-state index in [-0.39, 0.29) is 17.9 Å². The number of carbonyl (C=O) groups is 1. The molecule has 0 spiro atoms. The summed E-state index contributed by atoms with van der Waals surface area (Å²) in [7, 11) is 0. The van der Waals surface area contributed by atoms with Gasteiger partial charge in [-0.3, -0.25) is 4.79 Å². The van der Waals surface area contributed by atoms with Gasteiger partial charge in [-0.05, 0) is 18.4 Å². The summed E-state index contributed by atoms with van der Waals surface area (Å²) in [5, 5.41) is 10.6. The molecule has 0 fully saturated rings. The number of aromatic nitrogens is 4. The fraction of sp³-hybridized carbons (Fsp3) is 0.368. The van der Waals surface area contributed by atoms with Crippen LogP contribution >= 0.6 is 11.3 Å². The van der Waals surface area contributed by atoms with E-state index in [0.717, 1.165) is 22.1 Å². The standard InChI is InChI=1S/C19H23N5OS/c1-12(2)17(20-13(3)25)19-22-18(16-11-26-14(4)21-16)23-24(19)10-15-8-6-5-7-9-15/h5-9,11-12,17H,10H2,1-4H3,(H,20,25)/t17-/m1/s1. The summed E-state index contributed by atoms with van der Waals surface area (Å²) in [6.45, 7) is 8.21. The van der Waals surface area contributed by atoms with Crippen molar-refractivity contribution in [2.24, 2.45) is 5.92 Å². The number of nitrogens with one attached hydrogen (secondary N) is 1. The molecule has 0 aliphatic rings. The number of amides is 1. The van der Waals surface area contributed by atoms with E-state index < -0.39 is 0 Å². The molecule has 26 heavy (non-hydrogen) atoms. The lowest BCUT2D eigenvalue weighted by Crippen LogP contribution is -2.32. The van der Waals surface area contributed by atoms with Gasteiger partial charge < -0.3 is 5.32 Å². The Morgan fingerprint density at radius 2 is 1.96 bits per heavy atom. The van der Waals surface area contributed by atoms with Gasteiger partial charge in [0, 0.05) is 12.3 Å². The van der Waals surface area contributed by atoms with Crippen LogP contribution in [0.3, 0.4) is 0 Å². The summed E-state index contributed by atoms with van der Waals surface area (Å²) >= 11 is 1.57. The molecule has 1 amide bonds. The number of benzene rings is 1. The Kier molecular flexibility index (Phi) is 5.46. The van der Waals surface area contributed by atoms with Gasteiger partial charge in [-0.1, -0.05) is 44.2 Å². The van der Waals surface area contributed by atoms with E-state index in [1.54, 1.807) is 11.3 Å². The highest BCUT2D eigenvalue weighted by atomic mass is 32.1. The molecule has 2 aromatic heterocycles. The Morgan fingerprint density at radius 3 is 2.54 bits per heavy atom. The van der Waals surface area contributed by atoms with Crippen molar-refractivity contribution in [3.8, 4) is 11.5 Å². The minimum Gasteiger partial charge on any atom is -0.346 e. The first-order valence-electron chi connectivity index (χ1n) is 8.62. The van der Waals surface area contributed by atoms with Crippen LogP contribution in [0.15, 0.2) is 35.7 Å². The summed E-state index contributed by atoms with van der Waals surface area (Å²) in [4.78, 5) is 20.9. The fourth-order valence-electron chi connectivity index (χ4n) is 2.78. The molecular weight excluding hydrogens is 346 g/mol. The van der Waals surface area contributed by atoms with E-state index in [9.17, 15) is 4.79 Å². The highest BCUT2D eigenvalue weighted by Gasteiger charge is 2.25. The first-order chi connectivity index (χ1) is 12.4. The third kappa shape index (κ3) is 4.16. The van der Waals surface area contributed by atoms with Crippen LogP contribution in [0.25, 0.3) is 11.5 Å². The maximum Gasteiger partial charge on any atom is 0.217 e. The lowest BCUT2D eigenvalue weighted by atomic mass is 10.0. The van der Waals surface area contributed by atoms with E-state index in [2.05, 4.69) is 36.3 Å². The molecule has 3 aromatic rings. The number of aryl methyl sites for hydroxylation is 1. The van der Waals surface area contributed by atoms with Crippen molar-refractivity contribution in [1.29, 1.82) is 0 Å². The molecule has 7 heteroatoms. The fourth-order valence-corrected chi connectivity index (χ4v) is 3.37. The van der Waals surface area contributed by atoms with Crippen LogP contribution in [0.1, 0.15) is 43.2 Å². The van der Waals surface area contributed by atoms with Crippen molar-refractivity contribution >= 4 is 17.2 Å². The number of hydrogen-bond donors (Lipinski definition) is 1. The van der Waals surface area contributed by atoms with E-state index in [4.69, 9.17) is 10.1 Å². The number of hydrogen-bond acceptors (Lipinski definition) is 5. The lowest BCUT2D eigenvalue weighted by Gasteiger charge is -2.21. The molecule has 1 aromatic carbocycles. The Morgan fingerprint density at radius 1 is 1.23 bits per heavy atom. The predicted molar refractivity (Wildman–Crippen MR) is 103 cm³/mol. The average Bonchev–Trinajstić information content (AvgIpc) is 3.20. The number of carbonyl (C=O) groups excluding carboxylic acids is 1. The quantitative estimate of drug-likeness (QED) is 0.721. The lowest BCUT2D eigenvalue weighted by molar-refractivity contribution is -0.120. The number of thiazole rings is 1. The maximum absolute atomic E-state index is 11.7. The second-order valence-electron chi connectivity index (χ2n) is 6.61. The third-order valence-corrected chi connectivity index (χ3v) is 4.80. The number of nitrogens with zero attached hydrogens (tertiary/aromatic N) is 4. The van der Waals surface area contributed by atoms with Crippen molar-refractivity contribution in [3.05, 3.63) is 52.1 Å². The van der Waals surface area contributed by atoms with Gasteiger partial charge in [-0.2, -0.15) is 0 Å². The average molecular weight is 369 g/mol. The van der Waals surface area contributed by atoms with Gasteiger partial charge in [-0.15, -0.1) is 16.4 Å². The SMILES string of the molecule is CC(=O)N[C@@H](c1nc(-c2csc(C)n2)nn1Cc1ccccc1)C(C)C. The summed E-state index contributed by atoms with van der Waals surface area (Å²) < 4.78 is 1.87. The Balaban J connectivity index is 2.04. The molecule has 0 radical (unpaired) electrons. The Bertz CT molecular complexity index is 884. The topological polar surface area (TPSA) is 72.7 Å². The van der Waals surface area contributed by atoms with E-state index >= 15 is 0 Å². The van der Waals surface area contributed by atoms with Crippen molar-refractivity contribution in [1.82, 2.24) is 25.1 Å². The van der Waals surface area contributed by atoms with Crippen LogP contribution in [-0.2, 0) is 11.3 Å². The van der Waals surface area contributed by atoms with Gasteiger partial charge in [0.15, 0.2) is 5.82 Å². The van der Waals surface area contributed by atoms with Crippen LogP contribution in [0.4, 0.5) is 0 Å². The molecule has 2 heterocycles. The minimum absolute atomic E-state index is 0.0796. The van der Waals surface area contributed by atoms with Gasteiger partial charge in [0.25, 0.3) is 0 Å². The first-order valence-corrected chi connectivity index (χ1v) is 9.50. The highest BCUT2D eigenvalue weighted by molar-refractivity contribution is 7.09. The van der Waals surface area contributed by atoms with Gasteiger partial charge in [0.2, 0.25) is 11.7 Å². The molecule has 0 aliphatic carbocycles. The molecule has 0 aliphatic heterocycles. The molecule has 0 saturated heterocycles. The minimum atomic E-state index is -0.211. The van der Waals surface area contributed by atoms with Crippen LogP contribution < -0.4 is 5.32 Å². The summed E-state index contributed by atoms with van der Waals surface area (Å²) in [5.74, 6) is 1.45. The molecule has 0 unspecified atom stereocenters. The zero-order valence-electron chi connectivity index (χ0n) is 15.4. The predicted octanol–water partition coefficient (Wildman–Crippen LogP) is 3.59. The van der Waals surface area contributed by atoms with E-state index in [1.165, 1.54) is 6.92 Å². The van der Waals surface area contributed by atoms with Crippen molar-refractivity contribution in [2.75, 3.05) is 0 Å². The maximum atomic E-state index is 11.7. The van der Waals surface area contributed by atoms with E-state index in [1.807, 2.05) is 35.2 Å². The Hall–Kier alpha value is -2.54. The second kappa shape index (κ2) is 7.78. The molecular formula is C19H23N5OS. The molecule has 136 valence electrons. The summed E-state index contributed by atoms with van der Waals surface area (Å²) in [5.41, 5.74) is 1.90. The van der Waals surface area contributed by atoms with Crippen molar-refractivity contribution in [2.45, 2.75) is 40.3 Å². The van der Waals surface area contributed by atoms with Crippen LogP contribution in [0.5, 0.6) is 0 Å². The van der Waals surface area contributed by atoms with Crippen LogP contribution in [-0.4, -0.2) is 25.7 Å². The third-order valence-electron chi connectivity index (χ3n) is 4.03. The largest absolute Gasteiger partial charge is 0.346 e. The Labute approximate surface area is 157 Å². The second-order valence-corrected chi connectivity index (χ2v) is 7.67.